The third-order valence-electron chi connectivity index (χ3n) is 8.99. The number of benzene rings is 2. The van der Waals surface area contributed by atoms with Crippen LogP contribution >= 0.6 is 23.2 Å². The molecule has 0 unspecified atom stereocenters. The average Bonchev–Trinajstić information content (AvgIpc) is 3.28. The lowest BCUT2D eigenvalue weighted by molar-refractivity contribution is -0.138. The summed E-state index contributed by atoms with van der Waals surface area (Å²) in [4.78, 5) is 52.8. The number of halogens is 2. The van der Waals surface area contributed by atoms with Gasteiger partial charge in [-0.3, -0.25) is 29.0 Å². The van der Waals surface area contributed by atoms with Gasteiger partial charge in [0.15, 0.2) is 9.75 Å². The topological polar surface area (TPSA) is 145 Å². The van der Waals surface area contributed by atoms with Crippen molar-refractivity contribution in [1.29, 1.82) is 0 Å². The van der Waals surface area contributed by atoms with Gasteiger partial charge in [-0.1, -0.05) is 29.8 Å². The maximum Gasteiger partial charge on any atom is 0.488 e. The van der Waals surface area contributed by atoms with E-state index < -0.39 is 64.2 Å². The van der Waals surface area contributed by atoms with Crippen LogP contribution in [0, 0.1) is 17.8 Å². The average molecular weight is 599 g/mol. The minimum Gasteiger partial charge on any atom is -0.508 e. The fraction of sp³-hybridized carbons (Fsp3) is 0.357. The van der Waals surface area contributed by atoms with Gasteiger partial charge in [-0.15, -0.1) is 23.2 Å². The zero-order valence-electron chi connectivity index (χ0n) is 22.0. The van der Waals surface area contributed by atoms with Crippen LogP contribution in [-0.2, 0) is 19.2 Å². The number of fused-ring (bicyclic) bond motifs is 4. The molecule has 13 heteroatoms. The zero-order chi connectivity index (χ0) is 29.6. The predicted octanol–water partition coefficient (Wildman–Crippen LogP) is 1.27. The Labute approximate surface area is 245 Å². The monoisotopic (exact) mass is 598 g/mol. The molecule has 6 rings (SSSR count). The molecule has 2 aromatic rings. The summed E-state index contributed by atoms with van der Waals surface area (Å²) in [6.45, 7) is 0. The van der Waals surface area contributed by atoms with E-state index >= 15 is 0 Å². The van der Waals surface area contributed by atoms with E-state index in [1.165, 1.54) is 44.5 Å². The summed E-state index contributed by atoms with van der Waals surface area (Å²) in [5.41, 5.74) is 0.941. The van der Waals surface area contributed by atoms with Gasteiger partial charge in [0.25, 0.3) is 11.8 Å². The molecule has 0 aromatic heterocycles. The van der Waals surface area contributed by atoms with Gasteiger partial charge in [0.1, 0.15) is 11.5 Å². The summed E-state index contributed by atoms with van der Waals surface area (Å²) in [5, 5.41) is 30.3. The number of rotatable bonds is 4. The third-order valence-corrected chi connectivity index (χ3v) is 10.4. The van der Waals surface area contributed by atoms with E-state index in [4.69, 9.17) is 27.9 Å². The molecule has 3 N–H and O–H groups in total. The number of nitrogens with zero attached hydrogens (tertiary/aromatic N) is 2. The molecule has 2 aromatic carbocycles. The molecule has 10 nitrogen and oxygen atoms in total. The van der Waals surface area contributed by atoms with Gasteiger partial charge in [0, 0.05) is 18.5 Å². The largest absolute Gasteiger partial charge is 0.508 e. The van der Waals surface area contributed by atoms with Crippen molar-refractivity contribution < 1.29 is 39.1 Å². The van der Waals surface area contributed by atoms with Crippen LogP contribution in [0.2, 0.25) is 0 Å². The van der Waals surface area contributed by atoms with Crippen molar-refractivity contribution in [3.8, 4) is 11.5 Å². The molecule has 2 aliphatic heterocycles. The number of phenols is 1. The first-order valence-electron chi connectivity index (χ1n) is 13.0. The van der Waals surface area contributed by atoms with E-state index in [1.807, 2.05) is 0 Å². The van der Waals surface area contributed by atoms with Crippen molar-refractivity contribution in [2.24, 2.45) is 17.8 Å². The number of imide groups is 2. The molecule has 0 radical (unpaired) electrons. The molecule has 0 spiro atoms. The van der Waals surface area contributed by atoms with Crippen LogP contribution in [0.15, 0.2) is 54.1 Å². The Hall–Kier alpha value is -3.38. The number of alkyl halides is 2. The first-order chi connectivity index (χ1) is 19.4. The fourth-order valence-electron chi connectivity index (χ4n) is 7.14. The molecule has 212 valence electrons. The second-order valence-corrected chi connectivity index (χ2v) is 12.1. The second-order valence-electron chi connectivity index (χ2n) is 10.9. The van der Waals surface area contributed by atoms with Gasteiger partial charge in [-0.2, -0.15) is 0 Å². The molecular formula is C28H25BCl2N2O8. The Bertz CT molecular complexity index is 1570. The Balaban J connectivity index is 1.53. The Morgan fingerprint density at radius 3 is 2.39 bits per heavy atom. The van der Waals surface area contributed by atoms with Crippen LogP contribution in [0.1, 0.15) is 24.3 Å². The smallest absolute Gasteiger partial charge is 0.488 e. The number of hydrogen-bond donors (Lipinski definition) is 3. The lowest BCUT2D eigenvalue weighted by Gasteiger charge is -2.50. The van der Waals surface area contributed by atoms with E-state index in [0.717, 1.165) is 9.80 Å². The molecule has 1 saturated carbocycles. The number of allylic oxidation sites excluding steroid dienone is 2. The number of likely N-dealkylation sites (tertiary alicyclic amines) is 1. The molecule has 0 bridgehead atoms. The van der Waals surface area contributed by atoms with Crippen LogP contribution in [0.3, 0.4) is 0 Å². The van der Waals surface area contributed by atoms with Crippen LogP contribution in [0.4, 0.5) is 5.69 Å². The Kier molecular flexibility index (Phi) is 6.31. The SMILES string of the molecule is COc1cccc(O)c1[C@H]1C2=CC[C@@H]3C(=O)N(c4cccc(B(O)O)c4)C(=O)[C@@H]3[C@@H]2C[C@@]2(Cl)C(=O)N(C)C(=O)[C@@]12Cl. The molecule has 4 aliphatic rings. The van der Waals surface area contributed by atoms with Gasteiger partial charge in [0.05, 0.1) is 24.6 Å². The lowest BCUT2D eigenvalue weighted by Crippen LogP contribution is -2.60. The molecule has 3 fully saturated rings. The molecular weight excluding hydrogens is 574 g/mol. The van der Waals surface area contributed by atoms with Crippen LogP contribution in [-0.4, -0.2) is 74.7 Å². The summed E-state index contributed by atoms with van der Waals surface area (Å²) >= 11 is 14.3. The number of methoxy groups -OCH3 is 1. The van der Waals surface area contributed by atoms with Gasteiger partial charge in [-0.05, 0) is 48.5 Å². The Morgan fingerprint density at radius 1 is 1.00 bits per heavy atom. The summed E-state index contributed by atoms with van der Waals surface area (Å²) in [6, 6.07) is 10.4. The molecule has 6 atom stereocenters. The molecule has 2 aliphatic carbocycles. The quantitative estimate of drug-likeness (QED) is 0.207. The third kappa shape index (κ3) is 3.52. The number of carbonyl (C=O) groups excluding carboxylic acids is 4. The van der Waals surface area contributed by atoms with Gasteiger partial charge >= 0.3 is 7.12 Å². The highest BCUT2D eigenvalue weighted by Gasteiger charge is 2.76. The van der Waals surface area contributed by atoms with E-state index in [9.17, 15) is 34.3 Å². The van der Waals surface area contributed by atoms with Gasteiger partial charge in [0.2, 0.25) is 11.8 Å². The maximum atomic E-state index is 14.0. The molecule has 2 heterocycles. The van der Waals surface area contributed by atoms with E-state index in [-0.39, 0.29) is 41.1 Å². The second kappa shape index (κ2) is 9.32. The highest BCUT2D eigenvalue weighted by molar-refractivity contribution is 6.58. The lowest BCUT2D eigenvalue weighted by atomic mass is 9.56. The summed E-state index contributed by atoms with van der Waals surface area (Å²) in [5.74, 6) is -6.22. The zero-order valence-corrected chi connectivity index (χ0v) is 23.5. The minimum atomic E-state index is -2.06. The summed E-state index contributed by atoms with van der Waals surface area (Å²) in [7, 11) is 0.869. The number of amides is 4. The highest BCUT2D eigenvalue weighted by Crippen LogP contribution is 2.66. The first-order valence-corrected chi connectivity index (χ1v) is 13.7. The number of carbonyl (C=O) groups is 4. The normalized spacial score (nSPS) is 32.5. The van der Waals surface area contributed by atoms with E-state index in [2.05, 4.69) is 0 Å². The van der Waals surface area contributed by atoms with Crippen molar-refractivity contribution in [2.75, 3.05) is 19.1 Å². The van der Waals surface area contributed by atoms with Gasteiger partial charge in [-0.25, -0.2) is 0 Å². The molecule has 41 heavy (non-hydrogen) atoms. The fourth-order valence-corrected chi connectivity index (χ4v) is 8.14. The summed E-state index contributed by atoms with van der Waals surface area (Å²) < 4.78 is 5.54. The number of aromatic hydroxyl groups is 1. The number of ether oxygens (including phenoxy) is 1. The standard InChI is InChI=1S/C28H25BCl2N2O8/c1-32-25(37)27(30)12-17-15(22(28(27,31)26(32)38)21-18(34)7-4-8-19(21)41-2)9-10-16-20(17)24(36)33(23(16)35)14-6-3-5-13(11-14)29(39)40/h3-9,11,16-17,20,22,34,39-40H,10,12H2,1-2H3/t16-,17+,20-,22+,27+,28-/m0/s1. The molecule has 4 amide bonds. The van der Waals surface area contributed by atoms with Gasteiger partial charge < -0.3 is 19.9 Å². The predicted molar refractivity (Wildman–Crippen MR) is 149 cm³/mol. The molecule has 2 saturated heterocycles. The van der Waals surface area contributed by atoms with Crippen molar-refractivity contribution in [3.63, 3.8) is 0 Å². The Morgan fingerprint density at radius 2 is 1.71 bits per heavy atom. The van der Waals surface area contributed by atoms with Crippen LogP contribution in [0.25, 0.3) is 0 Å². The van der Waals surface area contributed by atoms with E-state index in [1.54, 1.807) is 18.2 Å². The van der Waals surface area contributed by atoms with E-state index in [0.29, 0.717) is 5.57 Å². The minimum absolute atomic E-state index is 0.103. The highest BCUT2D eigenvalue weighted by atomic mass is 35.5. The number of hydrogen-bond acceptors (Lipinski definition) is 8. The number of anilines is 1. The van der Waals surface area contributed by atoms with Crippen LogP contribution in [0.5, 0.6) is 11.5 Å². The summed E-state index contributed by atoms with van der Waals surface area (Å²) in [6.07, 6.45) is 1.68. The number of phenolic OH excluding ortho intramolecular Hbond substituents is 1. The van der Waals surface area contributed by atoms with Crippen LogP contribution < -0.4 is 15.1 Å². The van der Waals surface area contributed by atoms with Crippen molar-refractivity contribution in [1.82, 2.24) is 4.90 Å². The van der Waals surface area contributed by atoms with Crippen molar-refractivity contribution in [3.05, 3.63) is 59.7 Å². The maximum absolute atomic E-state index is 14.0. The van der Waals surface area contributed by atoms with Crippen molar-refractivity contribution >= 4 is 65.1 Å². The first kappa shape index (κ1) is 27.8. The van der Waals surface area contributed by atoms with Crippen molar-refractivity contribution in [2.45, 2.75) is 28.5 Å².